The topological polar surface area (TPSA) is 46.6 Å². The molecule has 3 rings (SSSR count). The van der Waals surface area contributed by atoms with E-state index in [-0.39, 0.29) is 11.9 Å². The molecule has 4 nitrogen and oxygen atoms in total. The number of ether oxygens (including phenoxy) is 1. The minimum absolute atomic E-state index is 0.0908. The van der Waals surface area contributed by atoms with Gasteiger partial charge < -0.3 is 9.64 Å². The number of amides is 1. The first-order chi connectivity index (χ1) is 10.7. The molecule has 1 atom stereocenters. The Morgan fingerprint density at radius 2 is 1.86 bits per heavy atom. The van der Waals surface area contributed by atoms with E-state index >= 15 is 0 Å². The Hall–Kier alpha value is -2.36. The Labute approximate surface area is 129 Å². The fraction of sp³-hybridized carbons (Fsp3) is 0.333. The second-order valence-corrected chi connectivity index (χ2v) is 5.56. The Kier molecular flexibility index (Phi) is 4.09. The van der Waals surface area contributed by atoms with Gasteiger partial charge in [0.15, 0.2) is 0 Å². The van der Waals surface area contributed by atoms with E-state index in [1.807, 2.05) is 42.5 Å². The fourth-order valence-electron chi connectivity index (χ4n) is 3.12. The van der Waals surface area contributed by atoms with E-state index in [0.29, 0.717) is 18.5 Å². The number of likely N-dealkylation sites (tertiary alicyclic amines) is 1. The molecule has 1 saturated heterocycles. The summed E-state index contributed by atoms with van der Waals surface area (Å²) >= 11 is 0. The van der Waals surface area contributed by atoms with Crippen molar-refractivity contribution >= 4 is 22.6 Å². The molecule has 1 aliphatic heterocycles. The summed E-state index contributed by atoms with van der Waals surface area (Å²) in [6, 6.07) is 13.0. The van der Waals surface area contributed by atoms with Crippen LogP contribution in [-0.4, -0.2) is 36.5 Å². The second-order valence-electron chi connectivity index (χ2n) is 5.56. The van der Waals surface area contributed by atoms with Gasteiger partial charge in [-0.25, -0.2) is 4.79 Å². The first kappa shape index (κ1) is 14.6. The van der Waals surface area contributed by atoms with Crippen LogP contribution in [0.25, 0.3) is 10.8 Å². The standard InChI is InChI=1S/C18H19NO3/c1-22-18(21)16-11-4-5-12-19(16)17(20)15-10-6-8-13-7-2-3-9-14(13)15/h2-3,6-10,16H,4-5,11-12H2,1H3. The van der Waals surface area contributed by atoms with Crippen molar-refractivity contribution < 1.29 is 14.3 Å². The van der Waals surface area contributed by atoms with E-state index in [2.05, 4.69) is 0 Å². The van der Waals surface area contributed by atoms with Crippen LogP contribution in [0, 0.1) is 0 Å². The van der Waals surface area contributed by atoms with Crippen molar-refractivity contribution in [2.45, 2.75) is 25.3 Å². The predicted octanol–water partition coefficient (Wildman–Crippen LogP) is 3.01. The van der Waals surface area contributed by atoms with Crippen LogP contribution >= 0.6 is 0 Å². The normalized spacial score (nSPS) is 18.2. The average Bonchev–Trinajstić information content (AvgIpc) is 2.60. The number of fused-ring (bicyclic) bond motifs is 1. The maximum absolute atomic E-state index is 13.0. The summed E-state index contributed by atoms with van der Waals surface area (Å²) in [6.07, 6.45) is 2.53. The van der Waals surface area contributed by atoms with E-state index in [1.165, 1.54) is 7.11 Å². The molecule has 0 N–H and O–H groups in total. The molecule has 0 radical (unpaired) electrons. The molecule has 1 unspecified atom stereocenters. The Bertz CT molecular complexity index is 705. The largest absolute Gasteiger partial charge is 0.467 e. The van der Waals surface area contributed by atoms with E-state index in [1.54, 1.807) is 4.90 Å². The number of esters is 1. The molecule has 1 aliphatic rings. The van der Waals surface area contributed by atoms with Gasteiger partial charge in [-0.15, -0.1) is 0 Å². The van der Waals surface area contributed by atoms with Crippen molar-refractivity contribution in [2.75, 3.05) is 13.7 Å². The Morgan fingerprint density at radius 1 is 1.09 bits per heavy atom. The highest BCUT2D eigenvalue weighted by molar-refractivity contribution is 6.08. The van der Waals surface area contributed by atoms with Crippen molar-refractivity contribution in [1.29, 1.82) is 0 Å². The molecule has 2 aromatic carbocycles. The zero-order valence-corrected chi connectivity index (χ0v) is 12.6. The third kappa shape index (κ3) is 2.56. The van der Waals surface area contributed by atoms with Crippen LogP contribution < -0.4 is 0 Å². The lowest BCUT2D eigenvalue weighted by molar-refractivity contribution is -0.147. The SMILES string of the molecule is COC(=O)C1CCCCN1C(=O)c1cccc2ccccc12. The van der Waals surface area contributed by atoms with Gasteiger partial charge in [0.2, 0.25) is 0 Å². The summed E-state index contributed by atoms with van der Waals surface area (Å²) in [6.45, 7) is 0.599. The number of hydrogen-bond acceptors (Lipinski definition) is 3. The van der Waals surface area contributed by atoms with Gasteiger partial charge in [0.1, 0.15) is 6.04 Å². The van der Waals surface area contributed by atoms with Gasteiger partial charge in [0, 0.05) is 12.1 Å². The number of piperidine rings is 1. The van der Waals surface area contributed by atoms with E-state index in [4.69, 9.17) is 4.74 Å². The molecule has 0 spiro atoms. The quantitative estimate of drug-likeness (QED) is 0.801. The fourth-order valence-corrected chi connectivity index (χ4v) is 3.12. The summed E-state index contributed by atoms with van der Waals surface area (Å²) in [5.74, 6) is -0.416. The maximum atomic E-state index is 13.0. The summed E-state index contributed by atoms with van der Waals surface area (Å²) in [7, 11) is 1.37. The number of nitrogens with zero attached hydrogens (tertiary/aromatic N) is 1. The minimum atomic E-state index is -0.467. The minimum Gasteiger partial charge on any atom is -0.467 e. The Balaban J connectivity index is 1.99. The summed E-state index contributed by atoms with van der Waals surface area (Å²) < 4.78 is 4.86. The number of carbonyl (C=O) groups excluding carboxylic acids is 2. The molecule has 1 fully saturated rings. The molecule has 2 aromatic rings. The summed E-state index contributed by atoms with van der Waals surface area (Å²) in [5.41, 5.74) is 0.647. The third-order valence-corrected chi connectivity index (χ3v) is 4.26. The molecule has 1 heterocycles. The molecule has 22 heavy (non-hydrogen) atoms. The predicted molar refractivity (Wildman–Crippen MR) is 84.6 cm³/mol. The van der Waals surface area contributed by atoms with E-state index in [9.17, 15) is 9.59 Å². The van der Waals surface area contributed by atoms with Crippen molar-refractivity contribution in [3.63, 3.8) is 0 Å². The summed E-state index contributed by atoms with van der Waals surface area (Å²) in [5, 5.41) is 1.95. The molecule has 114 valence electrons. The molecule has 0 saturated carbocycles. The van der Waals surface area contributed by atoms with Gasteiger partial charge in [0.05, 0.1) is 7.11 Å². The smallest absolute Gasteiger partial charge is 0.328 e. The number of methoxy groups -OCH3 is 1. The lowest BCUT2D eigenvalue weighted by Crippen LogP contribution is -2.48. The molecule has 0 bridgehead atoms. The van der Waals surface area contributed by atoms with Crippen molar-refractivity contribution in [1.82, 2.24) is 4.90 Å². The number of benzene rings is 2. The van der Waals surface area contributed by atoms with Gasteiger partial charge in [-0.1, -0.05) is 36.4 Å². The van der Waals surface area contributed by atoms with Crippen molar-refractivity contribution in [3.05, 3.63) is 48.0 Å². The van der Waals surface area contributed by atoms with E-state index < -0.39 is 6.04 Å². The van der Waals surface area contributed by atoms with Gasteiger partial charge in [-0.05, 0) is 36.1 Å². The average molecular weight is 297 g/mol. The van der Waals surface area contributed by atoms with Crippen LogP contribution in [-0.2, 0) is 9.53 Å². The molecular weight excluding hydrogens is 278 g/mol. The first-order valence-electron chi connectivity index (χ1n) is 7.59. The van der Waals surface area contributed by atoms with Gasteiger partial charge in [-0.3, -0.25) is 4.79 Å². The lowest BCUT2D eigenvalue weighted by atomic mass is 9.98. The monoisotopic (exact) mass is 297 g/mol. The highest BCUT2D eigenvalue weighted by Gasteiger charge is 2.33. The molecule has 4 heteroatoms. The maximum Gasteiger partial charge on any atom is 0.328 e. The number of hydrogen-bond donors (Lipinski definition) is 0. The first-order valence-corrected chi connectivity index (χ1v) is 7.59. The van der Waals surface area contributed by atoms with Crippen LogP contribution in [0.3, 0.4) is 0 Å². The number of carbonyl (C=O) groups is 2. The molecule has 1 amide bonds. The van der Waals surface area contributed by atoms with Crippen LogP contribution in [0.4, 0.5) is 0 Å². The highest BCUT2D eigenvalue weighted by atomic mass is 16.5. The molecule has 0 aliphatic carbocycles. The van der Waals surface area contributed by atoms with Crippen LogP contribution in [0.2, 0.25) is 0 Å². The Morgan fingerprint density at radius 3 is 2.68 bits per heavy atom. The van der Waals surface area contributed by atoms with Gasteiger partial charge in [-0.2, -0.15) is 0 Å². The third-order valence-electron chi connectivity index (χ3n) is 4.26. The molecular formula is C18H19NO3. The van der Waals surface area contributed by atoms with Crippen LogP contribution in [0.15, 0.2) is 42.5 Å². The van der Waals surface area contributed by atoms with Crippen molar-refractivity contribution in [3.8, 4) is 0 Å². The van der Waals surface area contributed by atoms with E-state index in [0.717, 1.165) is 23.6 Å². The van der Waals surface area contributed by atoms with Crippen LogP contribution in [0.1, 0.15) is 29.6 Å². The second kappa shape index (κ2) is 6.18. The lowest BCUT2D eigenvalue weighted by Gasteiger charge is -2.34. The zero-order valence-electron chi connectivity index (χ0n) is 12.6. The van der Waals surface area contributed by atoms with Gasteiger partial charge >= 0.3 is 5.97 Å². The van der Waals surface area contributed by atoms with Crippen molar-refractivity contribution in [2.24, 2.45) is 0 Å². The van der Waals surface area contributed by atoms with Gasteiger partial charge in [0.25, 0.3) is 5.91 Å². The zero-order chi connectivity index (χ0) is 15.5. The summed E-state index contributed by atoms with van der Waals surface area (Å²) in [4.78, 5) is 26.6. The molecule has 0 aromatic heterocycles. The van der Waals surface area contributed by atoms with Crippen LogP contribution in [0.5, 0.6) is 0 Å². The highest BCUT2D eigenvalue weighted by Crippen LogP contribution is 2.24. The number of rotatable bonds is 2.